The van der Waals surface area contributed by atoms with E-state index in [4.69, 9.17) is 0 Å². The number of para-hydroxylation sites is 1. The van der Waals surface area contributed by atoms with E-state index in [9.17, 15) is 0 Å². The fourth-order valence-corrected chi connectivity index (χ4v) is 3.22. The van der Waals surface area contributed by atoms with Crippen molar-refractivity contribution in [3.63, 3.8) is 0 Å². The lowest BCUT2D eigenvalue weighted by Crippen LogP contribution is -2.19. The Morgan fingerprint density at radius 2 is 1.81 bits per heavy atom. The van der Waals surface area contributed by atoms with Crippen molar-refractivity contribution in [3.8, 4) is 0 Å². The number of nitrogens with one attached hydrogen (secondary N) is 2. The predicted molar refractivity (Wildman–Crippen MR) is 111 cm³/mol. The van der Waals surface area contributed by atoms with Crippen LogP contribution in [0.25, 0.3) is 10.9 Å². The second-order valence-corrected chi connectivity index (χ2v) is 6.62. The van der Waals surface area contributed by atoms with Gasteiger partial charge in [-0.2, -0.15) is 4.98 Å². The molecule has 0 radical (unpaired) electrons. The van der Waals surface area contributed by atoms with Gasteiger partial charge in [0, 0.05) is 43.4 Å². The number of hydrogen-bond acceptors (Lipinski definition) is 4. The molecule has 0 spiro atoms. The van der Waals surface area contributed by atoms with E-state index in [0.717, 1.165) is 31.3 Å². The molecule has 136 valence electrons. The third-order valence-electron chi connectivity index (χ3n) is 4.62. The lowest BCUT2D eigenvalue weighted by atomic mass is 10.1. The Morgan fingerprint density at radius 1 is 1.00 bits per heavy atom. The highest BCUT2D eigenvalue weighted by molar-refractivity contribution is 5.83. The fourth-order valence-electron chi connectivity index (χ4n) is 3.22. The maximum absolute atomic E-state index is 4.65. The number of hydrogen-bond donors (Lipinski definition) is 2. The van der Waals surface area contributed by atoms with Crippen LogP contribution in [-0.2, 0) is 13.0 Å². The summed E-state index contributed by atoms with van der Waals surface area (Å²) < 4.78 is 0. The van der Waals surface area contributed by atoms with Crippen LogP contribution in [-0.4, -0.2) is 28.5 Å². The molecule has 0 bridgehead atoms. The van der Waals surface area contributed by atoms with E-state index < -0.39 is 0 Å². The quantitative estimate of drug-likeness (QED) is 0.519. The van der Waals surface area contributed by atoms with Gasteiger partial charge in [0.25, 0.3) is 0 Å². The summed E-state index contributed by atoms with van der Waals surface area (Å²) in [5, 5.41) is 4.70. The molecule has 5 nitrogen and oxygen atoms in total. The number of H-pyrrole nitrogens is 1. The number of fused-ring (bicyclic) bond motifs is 1. The lowest BCUT2D eigenvalue weighted by Gasteiger charge is -2.17. The fraction of sp³-hybridized carbons (Fsp3) is 0.182. The van der Waals surface area contributed by atoms with Gasteiger partial charge in [0.05, 0.1) is 0 Å². The molecule has 4 rings (SSSR count). The van der Waals surface area contributed by atoms with Crippen molar-refractivity contribution in [2.24, 2.45) is 0 Å². The normalized spacial score (nSPS) is 10.9. The van der Waals surface area contributed by atoms with Crippen LogP contribution in [0.1, 0.15) is 11.1 Å². The van der Waals surface area contributed by atoms with E-state index >= 15 is 0 Å². The Morgan fingerprint density at radius 3 is 2.70 bits per heavy atom. The molecule has 0 atom stereocenters. The van der Waals surface area contributed by atoms with E-state index in [2.05, 4.69) is 67.8 Å². The molecule has 0 amide bonds. The molecule has 0 unspecified atom stereocenters. The molecule has 4 aromatic rings. The first-order valence-electron chi connectivity index (χ1n) is 9.16. The number of rotatable bonds is 7. The molecule has 2 aromatic carbocycles. The van der Waals surface area contributed by atoms with E-state index in [0.29, 0.717) is 0 Å². The minimum atomic E-state index is 0.718. The van der Waals surface area contributed by atoms with Crippen LogP contribution in [0.5, 0.6) is 0 Å². The van der Waals surface area contributed by atoms with Crippen molar-refractivity contribution in [1.29, 1.82) is 0 Å². The molecule has 0 saturated heterocycles. The maximum atomic E-state index is 4.65. The minimum absolute atomic E-state index is 0.718. The van der Waals surface area contributed by atoms with Gasteiger partial charge in [-0.15, -0.1) is 0 Å². The van der Waals surface area contributed by atoms with E-state index in [1.165, 1.54) is 22.0 Å². The van der Waals surface area contributed by atoms with Crippen LogP contribution in [0.4, 0.5) is 11.8 Å². The summed E-state index contributed by atoms with van der Waals surface area (Å²) in [4.78, 5) is 14.4. The topological polar surface area (TPSA) is 56.8 Å². The van der Waals surface area contributed by atoms with Crippen LogP contribution in [0, 0.1) is 0 Å². The van der Waals surface area contributed by atoms with E-state index in [1.807, 2.05) is 31.3 Å². The molecule has 2 aromatic heterocycles. The monoisotopic (exact) mass is 357 g/mol. The standard InChI is InChI=1S/C22H23N5/c1-27(16-17-7-3-2-4-8-17)22-24-14-12-21(26-22)23-13-11-18-15-25-20-10-6-5-9-19(18)20/h2-10,12,14-15,25H,11,13,16H2,1H3,(H,23,24,26). The highest BCUT2D eigenvalue weighted by atomic mass is 15.2. The Bertz CT molecular complexity index is 1010. The van der Waals surface area contributed by atoms with Gasteiger partial charge in [0.15, 0.2) is 0 Å². The second kappa shape index (κ2) is 7.91. The van der Waals surface area contributed by atoms with Gasteiger partial charge in [-0.25, -0.2) is 4.98 Å². The molecule has 2 heterocycles. The maximum Gasteiger partial charge on any atom is 0.227 e. The zero-order chi connectivity index (χ0) is 18.5. The van der Waals surface area contributed by atoms with Crippen molar-refractivity contribution < 1.29 is 0 Å². The molecule has 27 heavy (non-hydrogen) atoms. The van der Waals surface area contributed by atoms with Crippen molar-refractivity contribution >= 4 is 22.7 Å². The number of aromatic nitrogens is 3. The summed E-state index contributed by atoms with van der Waals surface area (Å²) in [6.45, 7) is 1.60. The summed E-state index contributed by atoms with van der Waals surface area (Å²) in [5.41, 5.74) is 3.73. The minimum Gasteiger partial charge on any atom is -0.370 e. The Kier molecular flexibility index (Phi) is 5.01. The van der Waals surface area contributed by atoms with Gasteiger partial charge >= 0.3 is 0 Å². The van der Waals surface area contributed by atoms with Crippen LogP contribution in [0.2, 0.25) is 0 Å². The second-order valence-electron chi connectivity index (χ2n) is 6.62. The molecule has 0 saturated carbocycles. The summed E-state index contributed by atoms with van der Waals surface area (Å²) in [6.07, 6.45) is 4.83. The average Bonchev–Trinajstić information content (AvgIpc) is 3.12. The van der Waals surface area contributed by atoms with Gasteiger partial charge in [-0.3, -0.25) is 0 Å². The van der Waals surface area contributed by atoms with Gasteiger partial charge < -0.3 is 15.2 Å². The van der Waals surface area contributed by atoms with Crippen molar-refractivity contribution in [2.75, 3.05) is 23.8 Å². The van der Waals surface area contributed by atoms with Crippen LogP contribution in [0.3, 0.4) is 0 Å². The molecular weight excluding hydrogens is 334 g/mol. The summed E-state index contributed by atoms with van der Waals surface area (Å²) >= 11 is 0. The molecular formula is C22H23N5. The number of nitrogens with zero attached hydrogens (tertiary/aromatic N) is 3. The van der Waals surface area contributed by atoms with Crippen LogP contribution < -0.4 is 10.2 Å². The predicted octanol–water partition coefficient (Wildman–Crippen LogP) is 4.25. The first kappa shape index (κ1) is 17.1. The van der Waals surface area contributed by atoms with Crippen molar-refractivity contribution in [1.82, 2.24) is 15.0 Å². The summed E-state index contributed by atoms with van der Waals surface area (Å²) in [7, 11) is 2.01. The molecule has 0 aliphatic rings. The highest BCUT2D eigenvalue weighted by Gasteiger charge is 2.07. The van der Waals surface area contributed by atoms with Gasteiger partial charge in [-0.1, -0.05) is 48.5 Å². The third kappa shape index (κ3) is 4.08. The number of anilines is 2. The Hall–Kier alpha value is -3.34. The van der Waals surface area contributed by atoms with Gasteiger partial charge in [0.1, 0.15) is 5.82 Å². The third-order valence-corrected chi connectivity index (χ3v) is 4.62. The van der Waals surface area contributed by atoms with Gasteiger partial charge in [-0.05, 0) is 29.7 Å². The summed E-state index contributed by atoms with van der Waals surface area (Å²) in [5.74, 6) is 1.57. The first-order valence-corrected chi connectivity index (χ1v) is 9.16. The largest absolute Gasteiger partial charge is 0.370 e. The van der Waals surface area contributed by atoms with Crippen molar-refractivity contribution in [3.05, 3.63) is 84.2 Å². The zero-order valence-corrected chi connectivity index (χ0v) is 15.4. The van der Waals surface area contributed by atoms with Gasteiger partial charge in [0.2, 0.25) is 5.95 Å². The van der Waals surface area contributed by atoms with E-state index in [1.54, 1.807) is 6.20 Å². The molecule has 0 aliphatic carbocycles. The van der Waals surface area contributed by atoms with Crippen molar-refractivity contribution in [2.45, 2.75) is 13.0 Å². The SMILES string of the molecule is CN(Cc1ccccc1)c1nccc(NCCc2c[nH]c3ccccc23)n1. The Labute approximate surface area is 159 Å². The molecule has 0 fully saturated rings. The van der Waals surface area contributed by atoms with Crippen LogP contribution in [0.15, 0.2) is 73.1 Å². The lowest BCUT2D eigenvalue weighted by molar-refractivity contribution is 0.865. The zero-order valence-electron chi connectivity index (χ0n) is 15.4. The molecule has 2 N–H and O–H groups in total. The van der Waals surface area contributed by atoms with E-state index in [-0.39, 0.29) is 0 Å². The molecule has 5 heteroatoms. The summed E-state index contributed by atoms with van der Waals surface area (Å²) in [6, 6.07) is 20.6. The molecule has 0 aliphatic heterocycles. The number of benzene rings is 2. The number of aromatic amines is 1. The Balaban J connectivity index is 1.37. The highest BCUT2D eigenvalue weighted by Crippen LogP contribution is 2.18. The first-order chi connectivity index (χ1) is 13.3. The smallest absolute Gasteiger partial charge is 0.227 e. The van der Waals surface area contributed by atoms with Crippen LogP contribution >= 0.6 is 0 Å². The average molecular weight is 357 g/mol.